The fraction of sp³-hybridized carbons (Fsp3) is 0.529. The van der Waals surface area contributed by atoms with Crippen LogP contribution in [-0.2, 0) is 0 Å². The molecule has 0 radical (unpaired) electrons. The molecule has 3 heteroatoms. The van der Waals surface area contributed by atoms with Crippen LogP contribution in [0.1, 0.15) is 38.5 Å². The molecule has 0 saturated carbocycles. The number of likely N-dealkylation sites (tertiary alicyclic amines) is 1. The number of para-hydroxylation sites is 1. The summed E-state index contributed by atoms with van der Waals surface area (Å²) < 4.78 is 5.88. The first-order valence-electron chi connectivity index (χ1n) is 7.61. The molecule has 3 rings (SSSR count). The number of benzene rings is 1. The molecule has 0 bridgehead atoms. The lowest BCUT2D eigenvalue weighted by molar-refractivity contribution is 0.119. The summed E-state index contributed by atoms with van der Waals surface area (Å²) in [6.45, 7) is 6.68. The van der Waals surface area contributed by atoms with Crippen molar-refractivity contribution in [2.45, 2.75) is 38.8 Å². The molecular formula is C17H24N2O. The Labute approximate surface area is 120 Å². The highest BCUT2D eigenvalue weighted by atomic mass is 16.3. The predicted octanol–water partition coefficient (Wildman–Crippen LogP) is 3.55. The SMILES string of the molecule is CC1CCN(CC(N)c2cc3ccccc3o2)C(C)C1. The standard InChI is InChI=1S/C17H24N2O/c1-12-7-8-19(13(2)9-12)11-15(18)17-10-14-5-3-4-6-16(14)20-17/h3-6,10,12-13,15H,7-9,11,18H2,1-2H3. The molecule has 1 aliphatic rings. The van der Waals surface area contributed by atoms with E-state index in [2.05, 4.69) is 30.9 Å². The molecule has 3 nitrogen and oxygen atoms in total. The van der Waals surface area contributed by atoms with Crippen LogP contribution in [0, 0.1) is 5.92 Å². The quantitative estimate of drug-likeness (QED) is 0.929. The van der Waals surface area contributed by atoms with E-state index in [4.69, 9.17) is 10.2 Å². The van der Waals surface area contributed by atoms with Gasteiger partial charge in [0, 0.05) is 18.0 Å². The zero-order chi connectivity index (χ0) is 14.1. The maximum atomic E-state index is 6.35. The second-order valence-electron chi connectivity index (χ2n) is 6.27. The summed E-state index contributed by atoms with van der Waals surface area (Å²) in [5.74, 6) is 1.74. The summed E-state index contributed by atoms with van der Waals surface area (Å²) >= 11 is 0. The first kappa shape index (κ1) is 13.7. The minimum absolute atomic E-state index is 0.0433. The Morgan fingerprint density at radius 1 is 1.35 bits per heavy atom. The lowest BCUT2D eigenvalue weighted by atomic mass is 9.93. The molecule has 0 amide bonds. The van der Waals surface area contributed by atoms with E-state index < -0.39 is 0 Å². The Kier molecular flexibility index (Phi) is 3.81. The Hall–Kier alpha value is -1.32. The Morgan fingerprint density at radius 3 is 2.90 bits per heavy atom. The minimum atomic E-state index is -0.0433. The molecule has 1 aliphatic heterocycles. The average Bonchev–Trinajstić information content (AvgIpc) is 2.86. The van der Waals surface area contributed by atoms with Crippen molar-refractivity contribution in [2.24, 2.45) is 11.7 Å². The second kappa shape index (κ2) is 5.58. The highest BCUT2D eigenvalue weighted by molar-refractivity contribution is 5.77. The number of hydrogen-bond acceptors (Lipinski definition) is 3. The molecule has 1 aromatic heterocycles. The van der Waals surface area contributed by atoms with Crippen LogP contribution < -0.4 is 5.73 Å². The molecule has 1 fully saturated rings. The maximum Gasteiger partial charge on any atom is 0.134 e. The fourth-order valence-corrected chi connectivity index (χ4v) is 3.25. The molecule has 1 aromatic carbocycles. The van der Waals surface area contributed by atoms with Crippen LogP contribution in [0.2, 0.25) is 0 Å². The summed E-state index contributed by atoms with van der Waals surface area (Å²) in [4.78, 5) is 2.50. The van der Waals surface area contributed by atoms with Gasteiger partial charge in [-0.05, 0) is 44.4 Å². The Morgan fingerprint density at radius 2 is 2.15 bits per heavy atom. The molecule has 108 valence electrons. The highest BCUT2D eigenvalue weighted by Crippen LogP contribution is 2.26. The molecule has 1 saturated heterocycles. The largest absolute Gasteiger partial charge is 0.459 e. The van der Waals surface area contributed by atoms with Crippen molar-refractivity contribution in [2.75, 3.05) is 13.1 Å². The van der Waals surface area contributed by atoms with Gasteiger partial charge in [0.25, 0.3) is 0 Å². The van der Waals surface area contributed by atoms with Crippen LogP contribution >= 0.6 is 0 Å². The van der Waals surface area contributed by atoms with Gasteiger partial charge in [0.1, 0.15) is 11.3 Å². The van der Waals surface area contributed by atoms with E-state index >= 15 is 0 Å². The third-order valence-electron chi connectivity index (χ3n) is 4.52. The maximum absolute atomic E-state index is 6.35. The third kappa shape index (κ3) is 2.74. The van der Waals surface area contributed by atoms with E-state index in [0.717, 1.165) is 35.7 Å². The normalized spacial score (nSPS) is 25.9. The van der Waals surface area contributed by atoms with Gasteiger partial charge in [-0.3, -0.25) is 4.90 Å². The van der Waals surface area contributed by atoms with Crippen LogP contribution in [0.25, 0.3) is 11.0 Å². The van der Waals surface area contributed by atoms with Gasteiger partial charge >= 0.3 is 0 Å². The molecule has 2 N–H and O–H groups in total. The van der Waals surface area contributed by atoms with Crippen LogP contribution in [0.4, 0.5) is 0 Å². The first-order chi connectivity index (χ1) is 9.63. The van der Waals surface area contributed by atoms with Gasteiger partial charge in [-0.15, -0.1) is 0 Å². The Balaban J connectivity index is 1.71. The number of nitrogens with zero attached hydrogens (tertiary/aromatic N) is 1. The number of rotatable bonds is 3. The van der Waals surface area contributed by atoms with Crippen molar-refractivity contribution in [1.82, 2.24) is 4.90 Å². The van der Waals surface area contributed by atoms with Crippen LogP contribution in [0.3, 0.4) is 0 Å². The molecule has 0 spiro atoms. The van der Waals surface area contributed by atoms with Gasteiger partial charge in [0.05, 0.1) is 6.04 Å². The van der Waals surface area contributed by atoms with Crippen molar-refractivity contribution in [3.05, 3.63) is 36.1 Å². The monoisotopic (exact) mass is 272 g/mol. The van der Waals surface area contributed by atoms with Gasteiger partial charge in [0.2, 0.25) is 0 Å². The topological polar surface area (TPSA) is 42.4 Å². The molecule has 3 unspecified atom stereocenters. The van der Waals surface area contributed by atoms with Crippen molar-refractivity contribution >= 4 is 11.0 Å². The number of furan rings is 1. The van der Waals surface area contributed by atoms with E-state index in [1.165, 1.54) is 12.8 Å². The van der Waals surface area contributed by atoms with Gasteiger partial charge in [0.15, 0.2) is 0 Å². The Bertz CT molecular complexity index is 544. The average molecular weight is 272 g/mol. The van der Waals surface area contributed by atoms with Gasteiger partial charge in [-0.25, -0.2) is 0 Å². The lowest BCUT2D eigenvalue weighted by Crippen LogP contribution is -2.43. The van der Waals surface area contributed by atoms with E-state index in [0.29, 0.717) is 6.04 Å². The smallest absolute Gasteiger partial charge is 0.134 e. The van der Waals surface area contributed by atoms with Crippen LogP contribution in [0.15, 0.2) is 34.7 Å². The van der Waals surface area contributed by atoms with Gasteiger partial charge in [-0.2, -0.15) is 0 Å². The summed E-state index contributed by atoms with van der Waals surface area (Å²) in [5.41, 5.74) is 7.28. The number of fused-ring (bicyclic) bond motifs is 1. The van der Waals surface area contributed by atoms with Gasteiger partial charge in [-0.1, -0.05) is 25.1 Å². The molecule has 20 heavy (non-hydrogen) atoms. The number of hydrogen-bond donors (Lipinski definition) is 1. The van der Waals surface area contributed by atoms with Crippen molar-refractivity contribution in [1.29, 1.82) is 0 Å². The van der Waals surface area contributed by atoms with Crippen LogP contribution in [0.5, 0.6) is 0 Å². The summed E-state index contributed by atoms with van der Waals surface area (Å²) in [7, 11) is 0. The molecule has 3 atom stereocenters. The molecular weight excluding hydrogens is 248 g/mol. The fourth-order valence-electron chi connectivity index (χ4n) is 3.25. The first-order valence-corrected chi connectivity index (χ1v) is 7.61. The third-order valence-corrected chi connectivity index (χ3v) is 4.52. The molecule has 2 aromatic rings. The van der Waals surface area contributed by atoms with E-state index in [1.807, 2.05) is 18.2 Å². The summed E-state index contributed by atoms with van der Waals surface area (Å²) in [6, 6.07) is 10.7. The second-order valence-corrected chi connectivity index (χ2v) is 6.27. The zero-order valence-electron chi connectivity index (χ0n) is 12.4. The van der Waals surface area contributed by atoms with Crippen molar-refractivity contribution in [3.8, 4) is 0 Å². The van der Waals surface area contributed by atoms with Crippen LogP contribution in [-0.4, -0.2) is 24.0 Å². The zero-order valence-corrected chi connectivity index (χ0v) is 12.4. The number of nitrogens with two attached hydrogens (primary N) is 1. The van der Waals surface area contributed by atoms with E-state index in [-0.39, 0.29) is 6.04 Å². The van der Waals surface area contributed by atoms with Crippen molar-refractivity contribution in [3.63, 3.8) is 0 Å². The lowest BCUT2D eigenvalue weighted by Gasteiger charge is -2.37. The molecule has 2 heterocycles. The summed E-state index contributed by atoms with van der Waals surface area (Å²) in [6.07, 6.45) is 2.55. The molecule has 0 aliphatic carbocycles. The number of piperidine rings is 1. The van der Waals surface area contributed by atoms with Crippen molar-refractivity contribution < 1.29 is 4.42 Å². The highest BCUT2D eigenvalue weighted by Gasteiger charge is 2.25. The van der Waals surface area contributed by atoms with E-state index in [1.54, 1.807) is 0 Å². The minimum Gasteiger partial charge on any atom is -0.459 e. The predicted molar refractivity (Wildman–Crippen MR) is 82.6 cm³/mol. The van der Waals surface area contributed by atoms with Gasteiger partial charge < -0.3 is 10.2 Å². The summed E-state index contributed by atoms with van der Waals surface area (Å²) in [5, 5.41) is 1.14. The van der Waals surface area contributed by atoms with E-state index in [9.17, 15) is 0 Å².